The average molecular weight is 362 g/mol. The van der Waals surface area contributed by atoms with E-state index in [2.05, 4.69) is 23.3 Å². The van der Waals surface area contributed by atoms with Crippen molar-refractivity contribution in [2.75, 3.05) is 19.7 Å². The number of nitrogens with zero attached hydrogens (tertiary/aromatic N) is 2. The van der Waals surface area contributed by atoms with Gasteiger partial charge in [0.05, 0.1) is 11.0 Å². The van der Waals surface area contributed by atoms with Gasteiger partial charge in [-0.25, -0.2) is 0 Å². The lowest BCUT2D eigenvalue weighted by Gasteiger charge is -2.36. The SMILES string of the molecule is CCC1c2ccsc2CCN1CC(O)COc1cccc([N+](=O)[O-])c1. The van der Waals surface area contributed by atoms with Gasteiger partial charge in [0.25, 0.3) is 5.69 Å². The van der Waals surface area contributed by atoms with E-state index < -0.39 is 11.0 Å². The summed E-state index contributed by atoms with van der Waals surface area (Å²) in [4.78, 5) is 14.1. The number of aliphatic hydroxyl groups excluding tert-OH is 1. The molecule has 0 bridgehead atoms. The number of hydrogen-bond acceptors (Lipinski definition) is 6. The summed E-state index contributed by atoms with van der Waals surface area (Å²) in [5.74, 6) is 0.402. The van der Waals surface area contributed by atoms with E-state index in [4.69, 9.17) is 4.74 Å². The molecule has 1 aliphatic rings. The van der Waals surface area contributed by atoms with Crippen LogP contribution in [0.1, 0.15) is 29.8 Å². The van der Waals surface area contributed by atoms with Crippen LogP contribution in [0.3, 0.4) is 0 Å². The molecule has 0 fully saturated rings. The van der Waals surface area contributed by atoms with Gasteiger partial charge in [-0.1, -0.05) is 13.0 Å². The van der Waals surface area contributed by atoms with Gasteiger partial charge in [0.2, 0.25) is 0 Å². The fraction of sp³-hybridized carbons (Fsp3) is 0.444. The van der Waals surface area contributed by atoms with Gasteiger partial charge in [0.1, 0.15) is 18.5 Å². The van der Waals surface area contributed by atoms with Gasteiger partial charge in [0.15, 0.2) is 0 Å². The van der Waals surface area contributed by atoms with E-state index in [1.807, 2.05) is 11.3 Å². The molecule has 0 spiro atoms. The number of aliphatic hydroxyl groups is 1. The summed E-state index contributed by atoms with van der Waals surface area (Å²) in [6.07, 6.45) is 1.37. The Morgan fingerprint density at radius 1 is 1.48 bits per heavy atom. The summed E-state index contributed by atoms with van der Waals surface area (Å²) in [7, 11) is 0. The molecule has 3 rings (SSSR count). The topological polar surface area (TPSA) is 75.8 Å². The number of rotatable bonds is 7. The number of fused-ring (bicyclic) bond motifs is 1. The number of thiophene rings is 1. The number of nitro benzene ring substituents is 1. The summed E-state index contributed by atoms with van der Waals surface area (Å²) in [6, 6.07) is 8.55. The van der Waals surface area contributed by atoms with E-state index >= 15 is 0 Å². The van der Waals surface area contributed by atoms with Gasteiger partial charge in [-0.2, -0.15) is 0 Å². The standard InChI is InChI=1S/C18H22N2O4S/c1-2-17-16-7-9-25-18(16)6-8-19(17)11-14(21)12-24-15-5-3-4-13(10-15)20(22)23/h3-5,7,9-10,14,17,21H,2,6,8,11-12H2,1H3. The first-order valence-corrected chi connectivity index (χ1v) is 9.32. The van der Waals surface area contributed by atoms with Crippen molar-refractivity contribution >= 4 is 17.0 Å². The summed E-state index contributed by atoms with van der Waals surface area (Å²) in [5, 5.41) is 23.3. The zero-order valence-electron chi connectivity index (χ0n) is 14.1. The summed E-state index contributed by atoms with van der Waals surface area (Å²) >= 11 is 1.81. The molecule has 2 aromatic rings. The van der Waals surface area contributed by atoms with Crippen LogP contribution in [0.25, 0.3) is 0 Å². The van der Waals surface area contributed by atoms with E-state index in [0.29, 0.717) is 18.3 Å². The minimum absolute atomic E-state index is 0.0148. The molecule has 0 amide bonds. The van der Waals surface area contributed by atoms with Crippen molar-refractivity contribution in [2.24, 2.45) is 0 Å². The normalized spacial score (nSPS) is 18.6. The highest BCUT2D eigenvalue weighted by Gasteiger charge is 2.28. The van der Waals surface area contributed by atoms with Crippen molar-refractivity contribution in [1.82, 2.24) is 4.90 Å². The lowest BCUT2D eigenvalue weighted by Crippen LogP contribution is -2.41. The first kappa shape index (κ1) is 17.8. The highest BCUT2D eigenvalue weighted by atomic mass is 32.1. The molecule has 1 aliphatic heterocycles. The molecule has 1 aromatic heterocycles. The second kappa shape index (κ2) is 7.95. The molecule has 2 unspecified atom stereocenters. The zero-order valence-corrected chi connectivity index (χ0v) is 14.9. The highest BCUT2D eigenvalue weighted by molar-refractivity contribution is 7.10. The third-order valence-corrected chi connectivity index (χ3v) is 5.51. The average Bonchev–Trinajstić information content (AvgIpc) is 3.09. The van der Waals surface area contributed by atoms with Gasteiger partial charge < -0.3 is 9.84 Å². The lowest BCUT2D eigenvalue weighted by atomic mass is 9.97. The Bertz CT molecular complexity index is 733. The third kappa shape index (κ3) is 4.18. The Morgan fingerprint density at radius 3 is 3.08 bits per heavy atom. The molecule has 0 saturated carbocycles. The number of benzene rings is 1. The molecule has 1 N–H and O–H groups in total. The molecule has 7 heteroatoms. The van der Waals surface area contributed by atoms with Crippen LogP contribution in [0.2, 0.25) is 0 Å². The molecule has 6 nitrogen and oxygen atoms in total. The van der Waals surface area contributed by atoms with Crippen LogP contribution in [-0.2, 0) is 6.42 Å². The maximum atomic E-state index is 10.8. The number of β-amino-alcohol motifs (C(OH)–C–C–N with tert-alkyl or cyclic N) is 1. The molecule has 0 aliphatic carbocycles. The summed E-state index contributed by atoms with van der Waals surface area (Å²) in [6.45, 7) is 3.74. The fourth-order valence-corrected chi connectivity index (χ4v) is 4.28. The number of non-ortho nitro benzene ring substituents is 1. The van der Waals surface area contributed by atoms with Crippen molar-refractivity contribution in [1.29, 1.82) is 0 Å². The Hall–Kier alpha value is -1.96. The van der Waals surface area contributed by atoms with Crippen LogP contribution in [-0.4, -0.2) is 40.7 Å². The predicted octanol–water partition coefficient (Wildman–Crippen LogP) is 3.41. The predicted molar refractivity (Wildman–Crippen MR) is 97.2 cm³/mol. The largest absolute Gasteiger partial charge is 0.491 e. The molecule has 2 atom stereocenters. The van der Waals surface area contributed by atoms with Crippen LogP contribution >= 0.6 is 11.3 Å². The van der Waals surface area contributed by atoms with E-state index in [9.17, 15) is 15.2 Å². The second-order valence-electron chi connectivity index (χ2n) is 6.19. The third-order valence-electron chi connectivity index (χ3n) is 4.51. The van der Waals surface area contributed by atoms with Crippen molar-refractivity contribution in [2.45, 2.75) is 31.9 Å². The molecule has 134 valence electrons. The van der Waals surface area contributed by atoms with Crippen LogP contribution in [0.4, 0.5) is 5.69 Å². The highest BCUT2D eigenvalue weighted by Crippen LogP contribution is 2.35. The minimum Gasteiger partial charge on any atom is -0.491 e. The van der Waals surface area contributed by atoms with E-state index in [-0.39, 0.29) is 12.3 Å². The Labute approximate surface area is 150 Å². The quantitative estimate of drug-likeness (QED) is 0.603. The monoisotopic (exact) mass is 362 g/mol. The lowest BCUT2D eigenvalue weighted by molar-refractivity contribution is -0.384. The van der Waals surface area contributed by atoms with Gasteiger partial charge in [-0.3, -0.25) is 15.0 Å². The Balaban J connectivity index is 1.57. The van der Waals surface area contributed by atoms with Gasteiger partial charge in [0, 0.05) is 30.1 Å². The number of nitro groups is 1. The zero-order chi connectivity index (χ0) is 17.8. The van der Waals surface area contributed by atoms with Crippen LogP contribution in [0.5, 0.6) is 5.75 Å². The Morgan fingerprint density at radius 2 is 2.32 bits per heavy atom. The van der Waals surface area contributed by atoms with Crippen LogP contribution in [0, 0.1) is 10.1 Å². The van der Waals surface area contributed by atoms with Gasteiger partial charge in [-0.15, -0.1) is 11.3 Å². The molecule has 0 radical (unpaired) electrons. The molecular formula is C18H22N2O4S. The smallest absolute Gasteiger partial charge is 0.273 e. The fourth-order valence-electron chi connectivity index (χ4n) is 3.35. The van der Waals surface area contributed by atoms with Crippen molar-refractivity contribution in [3.8, 4) is 5.75 Å². The minimum atomic E-state index is -0.645. The van der Waals surface area contributed by atoms with E-state index in [1.54, 1.807) is 12.1 Å². The molecule has 1 aromatic carbocycles. The maximum absolute atomic E-state index is 10.8. The summed E-state index contributed by atoms with van der Waals surface area (Å²) in [5.41, 5.74) is 1.37. The van der Waals surface area contributed by atoms with Gasteiger partial charge >= 0.3 is 0 Å². The number of hydrogen-bond donors (Lipinski definition) is 1. The molecular weight excluding hydrogens is 340 g/mol. The van der Waals surface area contributed by atoms with Crippen molar-refractivity contribution in [3.05, 3.63) is 56.3 Å². The van der Waals surface area contributed by atoms with Gasteiger partial charge in [-0.05, 0) is 35.9 Å². The number of ether oxygens (including phenoxy) is 1. The van der Waals surface area contributed by atoms with Crippen molar-refractivity contribution < 1.29 is 14.8 Å². The first-order chi connectivity index (χ1) is 12.1. The molecule has 25 heavy (non-hydrogen) atoms. The molecule has 2 heterocycles. The van der Waals surface area contributed by atoms with Crippen molar-refractivity contribution in [3.63, 3.8) is 0 Å². The van der Waals surface area contributed by atoms with E-state index in [0.717, 1.165) is 19.4 Å². The summed E-state index contributed by atoms with van der Waals surface area (Å²) < 4.78 is 5.54. The maximum Gasteiger partial charge on any atom is 0.273 e. The van der Waals surface area contributed by atoms with Crippen LogP contribution < -0.4 is 4.74 Å². The molecule has 0 saturated heterocycles. The second-order valence-corrected chi connectivity index (χ2v) is 7.19. The first-order valence-electron chi connectivity index (χ1n) is 8.44. The van der Waals surface area contributed by atoms with Crippen LogP contribution in [0.15, 0.2) is 35.7 Å². The van der Waals surface area contributed by atoms with E-state index in [1.165, 1.54) is 22.6 Å². The Kier molecular flexibility index (Phi) is 5.67.